The van der Waals surface area contributed by atoms with Crippen molar-refractivity contribution in [3.63, 3.8) is 0 Å². The molecular formula is C23H23FN2O4. The number of nitrogens with one attached hydrogen (secondary N) is 1. The van der Waals surface area contributed by atoms with Gasteiger partial charge in [0.15, 0.2) is 6.10 Å². The number of carbonyl (C=O) groups excluding carboxylic acids is 3. The van der Waals surface area contributed by atoms with Crippen LogP contribution in [0, 0.1) is 5.82 Å². The SMILES string of the molecule is C[C@@H](OC(=O)C1(c2ccc(F)cc2)CCCC1)C(=O)N1CC(=O)Nc2ccccc21. The maximum Gasteiger partial charge on any atom is 0.317 e. The fourth-order valence-corrected chi connectivity index (χ4v) is 4.33. The van der Waals surface area contributed by atoms with E-state index in [1.54, 1.807) is 36.4 Å². The quantitative estimate of drug-likeness (QED) is 0.782. The molecule has 1 N–H and O–H groups in total. The van der Waals surface area contributed by atoms with Crippen LogP contribution in [-0.4, -0.2) is 30.4 Å². The molecule has 2 aromatic carbocycles. The average Bonchev–Trinajstić information content (AvgIpc) is 3.24. The van der Waals surface area contributed by atoms with Gasteiger partial charge in [0.25, 0.3) is 5.91 Å². The van der Waals surface area contributed by atoms with Crippen molar-refractivity contribution in [1.29, 1.82) is 0 Å². The number of benzene rings is 2. The van der Waals surface area contributed by atoms with E-state index in [-0.39, 0.29) is 18.3 Å². The molecule has 2 aliphatic rings. The molecule has 1 atom stereocenters. The molecule has 2 aromatic rings. The maximum atomic E-state index is 13.4. The van der Waals surface area contributed by atoms with Crippen LogP contribution in [0.1, 0.15) is 38.2 Å². The maximum absolute atomic E-state index is 13.4. The number of hydrogen-bond acceptors (Lipinski definition) is 4. The number of fused-ring (bicyclic) bond motifs is 1. The normalized spacial score (nSPS) is 18.3. The number of rotatable bonds is 4. The van der Waals surface area contributed by atoms with Crippen LogP contribution in [0.4, 0.5) is 15.8 Å². The van der Waals surface area contributed by atoms with Crippen LogP contribution in [0.5, 0.6) is 0 Å². The van der Waals surface area contributed by atoms with E-state index < -0.39 is 23.4 Å². The molecule has 1 aliphatic carbocycles. The fourth-order valence-electron chi connectivity index (χ4n) is 4.33. The Hall–Kier alpha value is -3.22. The molecular weight excluding hydrogens is 387 g/mol. The molecule has 2 amide bonds. The third kappa shape index (κ3) is 3.56. The molecule has 30 heavy (non-hydrogen) atoms. The Balaban J connectivity index is 1.55. The Morgan fingerprint density at radius 2 is 1.77 bits per heavy atom. The monoisotopic (exact) mass is 410 g/mol. The van der Waals surface area contributed by atoms with E-state index >= 15 is 0 Å². The van der Waals surface area contributed by atoms with Gasteiger partial charge in [-0.25, -0.2) is 4.39 Å². The van der Waals surface area contributed by atoms with Crippen molar-refractivity contribution in [2.45, 2.75) is 44.1 Å². The van der Waals surface area contributed by atoms with Crippen LogP contribution in [0.25, 0.3) is 0 Å². The second kappa shape index (κ2) is 7.89. The first-order valence-electron chi connectivity index (χ1n) is 10.1. The third-order valence-corrected chi connectivity index (χ3v) is 5.91. The lowest BCUT2D eigenvalue weighted by atomic mass is 9.79. The molecule has 7 heteroatoms. The minimum atomic E-state index is -1.06. The van der Waals surface area contributed by atoms with Gasteiger partial charge in [-0.3, -0.25) is 19.3 Å². The summed E-state index contributed by atoms with van der Waals surface area (Å²) in [6.45, 7) is 1.38. The van der Waals surface area contributed by atoms with Crippen LogP contribution in [0.15, 0.2) is 48.5 Å². The van der Waals surface area contributed by atoms with Crippen LogP contribution in [-0.2, 0) is 24.5 Å². The van der Waals surface area contributed by atoms with Gasteiger partial charge in [-0.05, 0) is 49.6 Å². The molecule has 0 radical (unpaired) electrons. The van der Waals surface area contributed by atoms with Crippen LogP contribution in [0.2, 0.25) is 0 Å². The van der Waals surface area contributed by atoms with Crippen molar-refractivity contribution >= 4 is 29.2 Å². The minimum absolute atomic E-state index is 0.138. The van der Waals surface area contributed by atoms with Crippen LogP contribution in [0.3, 0.4) is 0 Å². The summed E-state index contributed by atoms with van der Waals surface area (Å²) in [7, 11) is 0. The number of halogens is 1. The summed E-state index contributed by atoms with van der Waals surface area (Å²) in [5, 5.41) is 2.73. The average molecular weight is 410 g/mol. The lowest BCUT2D eigenvalue weighted by Gasteiger charge is -2.32. The Morgan fingerprint density at radius 1 is 1.10 bits per heavy atom. The van der Waals surface area contributed by atoms with Gasteiger partial charge < -0.3 is 10.1 Å². The molecule has 1 saturated carbocycles. The Labute approximate surface area is 174 Å². The molecule has 1 aliphatic heterocycles. The molecule has 0 spiro atoms. The van der Waals surface area contributed by atoms with Gasteiger partial charge in [0.2, 0.25) is 5.91 Å². The van der Waals surface area contributed by atoms with Crippen molar-refractivity contribution < 1.29 is 23.5 Å². The number of hydrogen-bond donors (Lipinski definition) is 1. The zero-order chi connectivity index (χ0) is 21.3. The van der Waals surface area contributed by atoms with Gasteiger partial charge >= 0.3 is 5.97 Å². The fraction of sp³-hybridized carbons (Fsp3) is 0.348. The number of esters is 1. The van der Waals surface area contributed by atoms with E-state index in [0.717, 1.165) is 12.8 Å². The van der Waals surface area contributed by atoms with Gasteiger partial charge in [-0.2, -0.15) is 0 Å². The van der Waals surface area contributed by atoms with Crippen molar-refractivity contribution in [2.75, 3.05) is 16.8 Å². The molecule has 0 aromatic heterocycles. The largest absolute Gasteiger partial charge is 0.452 e. The smallest absolute Gasteiger partial charge is 0.317 e. The number of ether oxygens (including phenoxy) is 1. The van der Waals surface area contributed by atoms with E-state index in [0.29, 0.717) is 29.8 Å². The highest BCUT2D eigenvalue weighted by Crippen LogP contribution is 2.42. The zero-order valence-electron chi connectivity index (χ0n) is 16.7. The number of nitrogens with zero attached hydrogens (tertiary/aromatic N) is 1. The van der Waals surface area contributed by atoms with E-state index in [1.807, 2.05) is 0 Å². The highest BCUT2D eigenvalue weighted by molar-refractivity contribution is 6.11. The highest BCUT2D eigenvalue weighted by atomic mass is 19.1. The Bertz CT molecular complexity index is 983. The molecule has 1 fully saturated rings. The van der Waals surface area contributed by atoms with E-state index in [1.165, 1.54) is 24.0 Å². The van der Waals surface area contributed by atoms with Crippen LogP contribution < -0.4 is 10.2 Å². The van der Waals surface area contributed by atoms with Crippen molar-refractivity contribution in [1.82, 2.24) is 0 Å². The summed E-state index contributed by atoms with van der Waals surface area (Å²) in [5.41, 5.74) is 0.937. The van der Waals surface area contributed by atoms with E-state index in [9.17, 15) is 18.8 Å². The van der Waals surface area contributed by atoms with Crippen molar-refractivity contribution in [3.05, 3.63) is 59.9 Å². The highest BCUT2D eigenvalue weighted by Gasteiger charge is 2.45. The molecule has 4 rings (SSSR count). The van der Waals surface area contributed by atoms with Gasteiger partial charge in [0, 0.05) is 0 Å². The number of amides is 2. The van der Waals surface area contributed by atoms with Gasteiger partial charge in [-0.1, -0.05) is 37.1 Å². The van der Waals surface area contributed by atoms with E-state index in [2.05, 4.69) is 5.32 Å². The second-order valence-corrected chi connectivity index (χ2v) is 7.83. The standard InChI is InChI=1S/C23H23FN2O4/c1-15(21(28)26-14-20(27)25-18-6-2-3-7-19(18)26)30-22(29)23(12-4-5-13-23)16-8-10-17(24)11-9-16/h2-3,6-11,15H,4-5,12-14H2,1H3,(H,25,27)/t15-/m1/s1. The first-order valence-corrected chi connectivity index (χ1v) is 10.1. The van der Waals surface area contributed by atoms with Gasteiger partial charge in [-0.15, -0.1) is 0 Å². The lowest BCUT2D eigenvalue weighted by Crippen LogP contribution is -2.48. The minimum Gasteiger partial charge on any atom is -0.452 e. The zero-order valence-corrected chi connectivity index (χ0v) is 16.7. The Morgan fingerprint density at radius 3 is 2.47 bits per heavy atom. The third-order valence-electron chi connectivity index (χ3n) is 5.91. The summed E-state index contributed by atoms with van der Waals surface area (Å²) < 4.78 is 19.0. The predicted molar refractivity (Wildman–Crippen MR) is 110 cm³/mol. The first-order chi connectivity index (χ1) is 14.4. The molecule has 0 saturated heterocycles. The summed E-state index contributed by atoms with van der Waals surface area (Å²) in [6, 6.07) is 12.9. The molecule has 156 valence electrons. The molecule has 0 unspecified atom stereocenters. The van der Waals surface area contributed by atoms with Crippen molar-refractivity contribution in [3.8, 4) is 0 Å². The molecule has 1 heterocycles. The number of para-hydroxylation sites is 2. The summed E-state index contributed by atoms with van der Waals surface area (Å²) in [5.74, 6) is -1.62. The summed E-state index contributed by atoms with van der Waals surface area (Å²) in [6.07, 6.45) is 1.83. The number of carbonyl (C=O) groups is 3. The number of anilines is 2. The van der Waals surface area contributed by atoms with Gasteiger partial charge in [0.05, 0.1) is 16.8 Å². The Kier molecular flexibility index (Phi) is 5.28. The lowest BCUT2D eigenvalue weighted by molar-refractivity contribution is -0.159. The topological polar surface area (TPSA) is 75.7 Å². The predicted octanol–water partition coefficient (Wildman–Crippen LogP) is 3.55. The summed E-state index contributed by atoms with van der Waals surface area (Å²) in [4.78, 5) is 39.6. The van der Waals surface area contributed by atoms with Gasteiger partial charge in [0.1, 0.15) is 12.4 Å². The van der Waals surface area contributed by atoms with E-state index in [4.69, 9.17) is 4.74 Å². The second-order valence-electron chi connectivity index (χ2n) is 7.83. The first kappa shape index (κ1) is 20.1. The van der Waals surface area contributed by atoms with Crippen molar-refractivity contribution in [2.24, 2.45) is 0 Å². The summed E-state index contributed by atoms with van der Waals surface area (Å²) >= 11 is 0. The molecule has 6 nitrogen and oxygen atoms in total. The van der Waals surface area contributed by atoms with Crippen LogP contribution >= 0.6 is 0 Å². The molecule has 0 bridgehead atoms.